The molecule has 20 heavy (non-hydrogen) atoms. The molecule has 0 radical (unpaired) electrons. The fourth-order valence-electron chi connectivity index (χ4n) is 1.83. The fourth-order valence-corrected chi connectivity index (χ4v) is 2.23. The van der Waals surface area contributed by atoms with Crippen LogP contribution in [0.5, 0.6) is 5.75 Å². The van der Waals surface area contributed by atoms with E-state index in [0.29, 0.717) is 5.56 Å². The third-order valence-electron chi connectivity index (χ3n) is 2.81. The lowest BCUT2D eigenvalue weighted by molar-refractivity contribution is -0.141. The maximum atomic E-state index is 12.0. The maximum Gasteiger partial charge on any atom is 0.332 e. The van der Waals surface area contributed by atoms with Gasteiger partial charge in [0.1, 0.15) is 5.75 Å². The number of rotatable bonds is 4. The van der Waals surface area contributed by atoms with Crippen molar-refractivity contribution in [2.24, 2.45) is 0 Å². The van der Waals surface area contributed by atoms with Gasteiger partial charge in [0.05, 0.1) is 7.11 Å². The van der Waals surface area contributed by atoms with E-state index in [1.165, 1.54) is 13.2 Å². The lowest BCUT2D eigenvalue weighted by Gasteiger charge is -2.19. The number of benzene rings is 2. The molecule has 1 unspecified atom stereocenters. The molecule has 0 fully saturated rings. The van der Waals surface area contributed by atoms with E-state index in [9.17, 15) is 9.90 Å². The summed E-state index contributed by atoms with van der Waals surface area (Å²) in [5.41, 5.74) is 1.40. The van der Waals surface area contributed by atoms with Crippen LogP contribution in [0.1, 0.15) is 11.6 Å². The first kappa shape index (κ1) is 14.4. The van der Waals surface area contributed by atoms with Crippen molar-refractivity contribution in [2.45, 2.75) is 6.04 Å². The molecule has 2 aromatic carbocycles. The van der Waals surface area contributed by atoms with Crippen LogP contribution in [0, 0.1) is 0 Å². The van der Waals surface area contributed by atoms with Crippen LogP contribution in [0.2, 0.25) is 0 Å². The molecular weight excluding hydrogens is 322 g/mol. The van der Waals surface area contributed by atoms with Gasteiger partial charge in [0.25, 0.3) is 0 Å². The van der Waals surface area contributed by atoms with Gasteiger partial charge in [-0.15, -0.1) is 0 Å². The Morgan fingerprint density at radius 1 is 1.25 bits per heavy atom. The van der Waals surface area contributed by atoms with Gasteiger partial charge in [0.2, 0.25) is 0 Å². The lowest BCUT2D eigenvalue weighted by atomic mass is 10.1. The molecule has 1 atom stereocenters. The molecule has 0 aromatic heterocycles. The van der Waals surface area contributed by atoms with E-state index in [1.807, 2.05) is 24.3 Å². The number of esters is 1. The normalized spacial score (nSPS) is 11.7. The molecule has 104 valence electrons. The molecule has 2 N–H and O–H groups in total. The van der Waals surface area contributed by atoms with Crippen LogP contribution in [0.15, 0.2) is 53.0 Å². The molecule has 2 aromatic rings. The summed E-state index contributed by atoms with van der Waals surface area (Å²) in [4.78, 5) is 12.0. The summed E-state index contributed by atoms with van der Waals surface area (Å²) >= 11 is 3.42. The van der Waals surface area contributed by atoms with Gasteiger partial charge in [-0.25, -0.2) is 4.79 Å². The summed E-state index contributed by atoms with van der Waals surface area (Å²) in [7, 11) is 1.33. The smallest absolute Gasteiger partial charge is 0.332 e. The molecule has 0 aliphatic carbocycles. The van der Waals surface area contributed by atoms with Gasteiger partial charge in [0.15, 0.2) is 6.04 Å². The topological polar surface area (TPSA) is 58.6 Å². The number of anilines is 1. The molecule has 0 heterocycles. The highest BCUT2D eigenvalue weighted by atomic mass is 79.9. The van der Waals surface area contributed by atoms with E-state index >= 15 is 0 Å². The number of carbonyl (C=O) groups excluding carboxylic acids is 1. The predicted octanol–water partition coefficient (Wildman–Crippen LogP) is 3.48. The van der Waals surface area contributed by atoms with Crippen LogP contribution in [0.4, 0.5) is 5.69 Å². The van der Waals surface area contributed by atoms with Gasteiger partial charge in [-0.05, 0) is 45.8 Å². The van der Waals surface area contributed by atoms with Crippen LogP contribution in [0.3, 0.4) is 0 Å². The number of methoxy groups -OCH3 is 1. The number of phenolic OH excluding ortho intramolecular Hbond substituents is 1. The van der Waals surface area contributed by atoms with Crippen molar-refractivity contribution in [3.05, 3.63) is 58.6 Å². The van der Waals surface area contributed by atoms with Gasteiger partial charge in [0, 0.05) is 10.2 Å². The minimum atomic E-state index is -0.689. The average molecular weight is 336 g/mol. The largest absolute Gasteiger partial charge is 0.508 e. The number of aromatic hydroxyl groups is 1. The highest BCUT2D eigenvalue weighted by molar-refractivity contribution is 9.10. The summed E-state index contributed by atoms with van der Waals surface area (Å²) in [5, 5.41) is 12.7. The molecule has 0 saturated heterocycles. The molecule has 5 heteroatoms. The number of phenols is 1. The first-order valence-corrected chi connectivity index (χ1v) is 6.79. The number of halogens is 1. The Kier molecular flexibility index (Phi) is 4.63. The minimum absolute atomic E-state index is 0.102. The third kappa shape index (κ3) is 3.30. The van der Waals surface area contributed by atoms with Crippen molar-refractivity contribution >= 4 is 27.6 Å². The number of hydrogen-bond donors (Lipinski definition) is 2. The summed E-state index contributed by atoms with van der Waals surface area (Å²) in [6.45, 7) is 0. The van der Waals surface area contributed by atoms with Crippen LogP contribution < -0.4 is 5.32 Å². The zero-order valence-electron chi connectivity index (χ0n) is 10.8. The first-order valence-electron chi connectivity index (χ1n) is 5.99. The van der Waals surface area contributed by atoms with Gasteiger partial charge in [-0.2, -0.15) is 0 Å². The second-order valence-electron chi connectivity index (χ2n) is 4.18. The van der Waals surface area contributed by atoms with Crippen molar-refractivity contribution in [1.29, 1.82) is 0 Å². The van der Waals surface area contributed by atoms with E-state index in [4.69, 9.17) is 4.74 Å². The van der Waals surface area contributed by atoms with Crippen molar-refractivity contribution < 1.29 is 14.6 Å². The Hall–Kier alpha value is -2.01. The quantitative estimate of drug-likeness (QED) is 0.840. The van der Waals surface area contributed by atoms with Crippen LogP contribution in [-0.4, -0.2) is 18.2 Å². The molecule has 4 nitrogen and oxygen atoms in total. The molecule has 0 aliphatic rings. The molecular formula is C15H14BrNO3. The molecule has 0 spiro atoms. The zero-order chi connectivity index (χ0) is 14.5. The highest BCUT2D eigenvalue weighted by Gasteiger charge is 2.22. The second kappa shape index (κ2) is 6.43. The van der Waals surface area contributed by atoms with Crippen molar-refractivity contribution in [1.82, 2.24) is 0 Å². The van der Waals surface area contributed by atoms with E-state index in [2.05, 4.69) is 21.2 Å². The van der Waals surface area contributed by atoms with Gasteiger partial charge >= 0.3 is 5.97 Å². The zero-order valence-corrected chi connectivity index (χ0v) is 12.4. The average Bonchev–Trinajstić information content (AvgIpc) is 2.45. The van der Waals surface area contributed by atoms with Crippen molar-refractivity contribution in [2.75, 3.05) is 12.4 Å². The van der Waals surface area contributed by atoms with E-state index < -0.39 is 12.0 Å². The molecule has 2 rings (SSSR count). The van der Waals surface area contributed by atoms with Crippen LogP contribution in [0.25, 0.3) is 0 Å². The fraction of sp³-hybridized carbons (Fsp3) is 0.133. The SMILES string of the molecule is COC(=O)C(Nc1ccccc1Br)c1cccc(O)c1. The number of ether oxygens (including phenoxy) is 1. The van der Waals surface area contributed by atoms with E-state index in [1.54, 1.807) is 18.2 Å². The number of nitrogens with one attached hydrogen (secondary N) is 1. The maximum absolute atomic E-state index is 12.0. The standard InChI is InChI=1S/C15H14BrNO3/c1-20-15(19)14(10-5-4-6-11(18)9-10)17-13-8-3-2-7-12(13)16/h2-9,14,17-18H,1H3. The summed E-state index contributed by atoms with van der Waals surface area (Å²) in [5.74, 6) is -0.323. The summed E-state index contributed by atoms with van der Waals surface area (Å²) in [6.07, 6.45) is 0. The molecule has 0 bridgehead atoms. The Labute approximate surface area is 125 Å². The minimum Gasteiger partial charge on any atom is -0.508 e. The summed E-state index contributed by atoms with van der Waals surface area (Å²) in [6, 6.07) is 13.3. The Bertz CT molecular complexity index is 616. The number of carbonyl (C=O) groups is 1. The van der Waals surface area contributed by atoms with Crippen molar-refractivity contribution in [3.63, 3.8) is 0 Å². The van der Waals surface area contributed by atoms with E-state index in [0.717, 1.165) is 10.2 Å². The first-order chi connectivity index (χ1) is 9.61. The van der Waals surface area contributed by atoms with E-state index in [-0.39, 0.29) is 5.75 Å². The van der Waals surface area contributed by atoms with Crippen LogP contribution >= 0.6 is 15.9 Å². The Morgan fingerprint density at radius 2 is 2.00 bits per heavy atom. The number of hydrogen-bond acceptors (Lipinski definition) is 4. The lowest BCUT2D eigenvalue weighted by Crippen LogP contribution is -2.22. The highest BCUT2D eigenvalue weighted by Crippen LogP contribution is 2.28. The molecule has 0 aliphatic heterocycles. The predicted molar refractivity (Wildman–Crippen MR) is 80.6 cm³/mol. The van der Waals surface area contributed by atoms with Gasteiger partial charge in [-0.3, -0.25) is 0 Å². The second-order valence-corrected chi connectivity index (χ2v) is 5.03. The monoisotopic (exact) mass is 335 g/mol. The summed E-state index contributed by atoms with van der Waals surface area (Å²) < 4.78 is 5.66. The van der Waals surface area contributed by atoms with Crippen molar-refractivity contribution in [3.8, 4) is 5.75 Å². The number of para-hydroxylation sites is 1. The Balaban J connectivity index is 2.34. The van der Waals surface area contributed by atoms with Crippen LogP contribution in [-0.2, 0) is 9.53 Å². The molecule has 0 saturated carbocycles. The van der Waals surface area contributed by atoms with Gasteiger partial charge < -0.3 is 15.2 Å². The Morgan fingerprint density at radius 3 is 2.65 bits per heavy atom. The van der Waals surface area contributed by atoms with Gasteiger partial charge in [-0.1, -0.05) is 24.3 Å². The molecule has 0 amide bonds. The third-order valence-corrected chi connectivity index (χ3v) is 3.51.